The molecule has 0 amide bonds. The summed E-state index contributed by atoms with van der Waals surface area (Å²) in [5.41, 5.74) is 2.01. The molecule has 144 valence electrons. The van der Waals surface area contributed by atoms with E-state index in [2.05, 4.69) is 10.1 Å². The summed E-state index contributed by atoms with van der Waals surface area (Å²) in [7, 11) is 0. The summed E-state index contributed by atoms with van der Waals surface area (Å²) in [5, 5.41) is 14.9. The zero-order chi connectivity index (χ0) is 20.2. The van der Waals surface area contributed by atoms with Gasteiger partial charge in [0.1, 0.15) is 23.3 Å². The van der Waals surface area contributed by atoms with Crippen molar-refractivity contribution in [1.82, 2.24) is 14.8 Å². The van der Waals surface area contributed by atoms with Crippen LogP contribution in [0.15, 0.2) is 89.7 Å². The lowest BCUT2D eigenvalue weighted by Crippen LogP contribution is -2.29. The third kappa shape index (κ3) is 3.97. The number of rotatable bonds is 5. The van der Waals surface area contributed by atoms with Crippen LogP contribution in [-0.2, 0) is 6.54 Å². The second kappa shape index (κ2) is 8.16. The smallest absolute Gasteiger partial charge is 0.364 e. The molecule has 0 saturated heterocycles. The SMILES string of the molecule is O=c1nc(-c2ccccc2)c(-c2ccccc2)nn1C[C@H](O)c1ccccc1F. The van der Waals surface area contributed by atoms with Gasteiger partial charge in [0.05, 0.1) is 6.54 Å². The lowest BCUT2D eigenvalue weighted by molar-refractivity contribution is 0.144. The van der Waals surface area contributed by atoms with Gasteiger partial charge >= 0.3 is 5.69 Å². The molecule has 0 aliphatic carbocycles. The zero-order valence-electron chi connectivity index (χ0n) is 15.4. The van der Waals surface area contributed by atoms with Crippen molar-refractivity contribution in [2.24, 2.45) is 0 Å². The molecule has 1 heterocycles. The first-order chi connectivity index (χ1) is 14.1. The van der Waals surface area contributed by atoms with E-state index >= 15 is 0 Å². The third-order valence-electron chi connectivity index (χ3n) is 4.58. The van der Waals surface area contributed by atoms with Crippen molar-refractivity contribution in [3.8, 4) is 22.5 Å². The highest BCUT2D eigenvalue weighted by atomic mass is 19.1. The van der Waals surface area contributed by atoms with E-state index in [1.54, 1.807) is 12.1 Å². The highest BCUT2D eigenvalue weighted by molar-refractivity contribution is 5.77. The van der Waals surface area contributed by atoms with Gasteiger partial charge in [-0.15, -0.1) is 0 Å². The van der Waals surface area contributed by atoms with E-state index in [4.69, 9.17) is 0 Å². The molecule has 0 aliphatic rings. The van der Waals surface area contributed by atoms with E-state index in [0.717, 1.165) is 15.8 Å². The average Bonchev–Trinajstić information content (AvgIpc) is 2.76. The van der Waals surface area contributed by atoms with Gasteiger partial charge in [0.15, 0.2) is 0 Å². The summed E-state index contributed by atoms with van der Waals surface area (Å²) in [4.78, 5) is 16.9. The van der Waals surface area contributed by atoms with Crippen molar-refractivity contribution in [2.75, 3.05) is 0 Å². The number of aromatic nitrogens is 3. The van der Waals surface area contributed by atoms with E-state index in [9.17, 15) is 14.3 Å². The molecule has 0 radical (unpaired) electrons. The molecule has 0 saturated carbocycles. The largest absolute Gasteiger partial charge is 0.386 e. The number of halogens is 1. The average molecular weight is 387 g/mol. The molecular formula is C23H18FN3O2. The minimum atomic E-state index is -1.23. The van der Waals surface area contributed by atoms with E-state index in [1.807, 2.05) is 60.7 Å². The van der Waals surface area contributed by atoms with Crippen LogP contribution in [-0.4, -0.2) is 19.9 Å². The van der Waals surface area contributed by atoms with Gasteiger partial charge in [0.2, 0.25) is 0 Å². The lowest BCUT2D eigenvalue weighted by Gasteiger charge is -2.15. The molecule has 1 N–H and O–H groups in total. The van der Waals surface area contributed by atoms with Crippen molar-refractivity contribution >= 4 is 0 Å². The Balaban J connectivity index is 1.80. The van der Waals surface area contributed by atoms with Crippen molar-refractivity contribution in [3.63, 3.8) is 0 Å². The first-order valence-corrected chi connectivity index (χ1v) is 9.16. The van der Waals surface area contributed by atoms with Gasteiger partial charge in [-0.3, -0.25) is 0 Å². The topological polar surface area (TPSA) is 68.0 Å². The van der Waals surface area contributed by atoms with Crippen LogP contribution in [0.25, 0.3) is 22.5 Å². The molecule has 0 fully saturated rings. The Bertz CT molecular complexity index is 1180. The summed E-state index contributed by atoms with van der Waals surface area (Å²) in [6.45, 7) is -0.207. The van der Waals surface area contributed by atoms with Gasteiger partial charge in [0, 0.05) is 16.7 Å². The van der Waals surface area contributed by atoms with Gasteiger partial charge in [-0.05, 0) is 6.07 Å². The number of hydrogen-bond acceptors (Lipinski definition) is 4. The molecule has 3 aromatic carbocycles. The highest BCUT2D eigenvalue weighted by Gasteiger charge is 2.18. The molecule has 6 heteroatoms. The van der Waals surface area contributed by atoms with E-state index in [-0.39, 0.29) is 12.1 Å². The molecule has 1 aromatic heterocycles. The molecule has 0 bridgehead atoms. The normalized spacial score (nSPS) is 11.9. The minimum Gasteiger partial charge on any atom is -0.386 e. The number of benzene rings is 3. The number of hydrogen-bond donors (Lipinski definition) is 1. The van der Waals surface area contributed by atoms with Crippen LogP contribution in [0.4, 0.5) is 4.39 Å². The second-order valence-corrected chi connectivity index (χ2v) is 6.54. The van der Waals surface area contributed by atoms with Gasteiger partial charge < -0.3 is 5.11 Å². The highest BCUT2D eigenvalue weighted by Crippen LogP contribution is 2.27. The van der Waals surface area contributed by atoms with Crippen LogP contribution >= 0.6 is 0 Å². The van der Waals surface area contributed by atoms with Crippen LogP contribution < -0.4 is 5.69 Å². The zero-order valence-corrected chi connectivity index (χ0v) is 15.4. The Morgan fingerprint density at radius 2 is 1.38 bits per heavy atom. The molecule has 0 aliphatic heterocycles. The summed E-state index contributed by atoms with van der Waals surface area (Å²) in [6, 6.07) is 24.6. The Morgan fingerprint density at radius 1 is 0.828 bits per heavy atom. The van der Waals surface area contributed by atoms with Crippen molar-refractivity contribution < 1.29 is 9.50 Å². The predicted molar refractivity (Wildman–Crippen MR) is 109 cm³/mol. The Labute approximate surface area is 166 Å². The fourth-order valence-electron chi connectivity index (χ4n) is 3.13. The van der Waals surface area contributed by atoms with E-state index in [0.29, 0.717) is 11.4 Å². The lowest BCUT2D eigenvalue weighted by atomic mass is 10.0. The first kappa shape index (κ1) is 18.7. The standard InChI is InChI=1S/C23H18FN3O2/c24-19-14-8-7-13-18(19)20(28)15-27-23(29)25-21(16-9-3-1-4-10-16)22(26-27)17-11-5-2-6-12-17/h1-14,20,28H,15H2/t20-/m0/s1. The van der Waals surface area contributed by atoms with Crippen molar-refractivity contribution in [3.05, 3.63) is 107 Å². The summed E-state index contributed by atoms with van der Waals surface area (Å²) in [5.74, 6) is -0.537. The summed E-state index contributed by atoms with van der Waals surface area (Å²) in [6.07, 6.45) is -1.23. The molecule has 1 atom stereocenters. The molecule has 5 nitrogen and oxygen atoms in total. The van der Waals surface area contributed by atoms with Gasteiger partial charge in [0.25, 0.3) is 0 Å². The van der Waals surface area contributed by atoms with Crippen molar-refractivity contribution in [2.45, 2.75) is 12.6 Å². The number of aliphatic hydroxyl groups is 1. The monoisotopic (exact) mass is 387 g/mol. The molecule has 29 heavy (non-hydrogen) atoms. The maximum Gasteiger partial charge on any atom is 0.364 e. The van der Waals surface area contributed by atoms with E-state index < -0.39 is 17.6 Å². The number of nitrogens with zero attached hydrogens (tertiary/aromatic N) is 3. The van der Waals surface area contributed by atoms with Crippen LogP contribution in [0.1, 0.15) is 11.7 Å². The first-order valence-electron chi connectivity index (χ1n) is 9.16. The number of aliphatic hydroxyl groups excluding tert-OH is 1. The van der Waals surface area contributed by atoms with Gasteiger partial charge in [-0.25, -0.2) is 13.9 Å². The van der Waals surface area contributed by atoms with Crippen molar-refractivity contribution in [1.29, 1.82) is 0 Å². The van der Waals surface area contributed by atoms with Gasteiger partial charge in [-0.1, -0.05) is 78.9 Å². The Hall–Kier alpha value is -3.64. The molecule has 4 aromatic rings. The van der Waals surface area contributed by atoms with Crippen LogP contribution in [0.3, 0.4) is 0 Å². The summed E-state index contributed by atoms with van der Waals surface area (Å²) < 4.78 is 15.1. The minimum absolute atomic E-state index is 0.106. The maximum atomic E-state index is 14.0. The van der Waals surface area contributed by atoms with Crippen LogP contribution in [0.2, 0.25) is 0 Å². The fraction of sp³-hybridized carbons (Fsp3) is 0.0870. The quantitative estimate of drug-likeness (QED) is 0.565. The Kier molecular flexibility index (Phi) is 5.27. The Morgan fingerprint density at radius 3 is 2.00 bits per heavy atom. The molecule has 0 unspecified atom stereocenters. The fourth-order valence-corrected chi connectivity index (χ4v) is 3.13. The third-order valence-corrected chi connectivity index (χ3v) is 4.58. The van der Waals surface area contributed by atoms with Crippen LogP contribution in [0.5, 0.6) is 0 Å². The second-order valence-electron chi connectivity index (χ2n) is 6.54. The molecule has 0 spiro atoms. The maximum absolute atomic E-state index is 14.0. The predicted octanol–water partition coefficient (Wildman–Crippen LogP) is 3.85. The van der Waals surface area contributed by atoms with Gasteiger partial charge in [-0.2, -0.15) is 10.1 Å². The molecule has 4 rings (SSSR count). The molecular weight excluding hydrogens is 369 g/mol. The summed E-state index contributed by atoms with van der Waals surface area (Å²) >= 11 is 0. The van der Waals surface area contributed by atoms with Crippen LogP contribution in [0, 0.1) is 5.82 Å². The van der Waals surface area contributed by atoms with E-state index in [1.165, 1.54) is 12.1 Å².